The molecule has 3 amide bonds. The molecule has 0 radical (unpaired) electrons. The third-order valence-corrected chi connectivity index (χ3v) is 5.90. The number of carbonyl (C=O) groups excluding carboxylic acids is 3. The number of carbonyl (C=O) groups is 3. The van der Waals surface area contributed by atoms with Gasteiger partial charge in [-0.25, -0.2) is 0 Å². The summed E-state index contributed by atoms with van der Waals surface area (Å²) in [7, 11) is 0. The molecule has 7 heteroatoms. The van der Waals surface area contributed by atoms with E-state index >= 15 is 0 Å². The van der Waals surface area contributed by atoms with E-state index in [4.69, 9.17) is 0 Å². The van der Waals surface area contributed by atoms with Crippen LogP contribution in [0.15, 0.2) is 48.5 Å². The molecule has 0 bridgehead atoms. The highest BCUT2D eigenvalue weighted by molar-refractivity contribution is 5.97. The molecule has 1 aliphatic heterocycles. The Bertz CT molecular complexity index is 933. The van der Waals surface area contributed by atoms with Crippen molar-refractivity contribution >= 4 is 29.1 Å². The predicted octanol–water partition coefficient (Wildman–Crippen LogP) is 4.14. The summed E-state index contributed by atoms with van der Waals surface area (Å²) in [6, 6.07) is 14.1. The first-order valence-electron chi connectivity index (χ1n) is 11.8. The Morgan fingerprint density at radius 1 is 0.909 bits per heavy atom. The van der Waals surface area contributed by atoms with Crippen molar-refractivity contribution in [2.45, 2.75) is 39.5 Å². The second-order valence-corrected chi connectivity index (χ2v) is 8.64. The number of benzene rings is 2. The van der Waals surface area contributed by atoms with Crippen molar-refractivity contribution in [3.63, 3.8) is 0 Å². The van der Waals surface area contributed by atoms with Gasteiger partial charge in [0.2, 0.25) is 5.91 Å². The van der Waals surface area contributed by atoms with Crippen LogP contribution in [0.25, 0.3) is 0 Å². The number of nitrogens with one attached hydrogen (secondary N) is 3. The molecule has 33 heavy (non-hydrogen) atoms. The highest BCUT2D eigenvalue weighted by Crippen LogP contribution is 2.19. The third kappa shape index (κ3) is 7.34. The fourth-order valence-corrected chi connectivity index (χ4v) is 3.70. The van der Waals surface area contributed by atoms with Gasteiger partial charge in [0.25, 0.3) is 11.8 Å². The fraction of sp³-hybridized carbons (Fsp3) is 0.423. The summed E-state index contributed by atoms with van der Waals surface area (Å²) in [4.78, 5) is 38.9. The number of hydrogen-bond donors (Lipinski definition) is 3. The average Bonchev–Trinajstić information content (AvgIpc) is 2.84. The maximum atomic E-state index is 12.6. The number of rotatable bonds is 9. The van der Waals surface area contributed by atoms with E-state index in [-0.39, 0.29) is 24.3 Å². The highest BCUT2D eigenvalue weighted by Gasteiger charge is 2.21. The summed E-state index contributed by atoms with van der Waals surface area (Å²) in [5.74, 6) is 0.433. The van der Waals surface area contributed by atoms with Crippen LogP contribution in [0.2, 0.25) is 0 Å². The van der Waals surface area contributed by atoms with Crippen molar-refractivity contribution in [3.05, 3.63) is 59.7 Å². The number of hydrogen-bond acceptors (Lipinski definition) is 4. The van der Waals surface area contributed by atoms with Crippen LogP contribution in [-0.4, -0.2) is 48.8 Å². The van der Waals surface area contributed by atoms with E-state index in [1.807, 2.05) is 4.90 Å². The minimum atomic E-state index is -0.194. The Balaban J connectivity index is 1.44. The molecule has 0 aromatic heterocycles. The molecule has 1 fully saturated rings. The molecule has 0 atom stereocenters. The lowest BCUT2D eigenvalue weighted by Crippen LogP contribution is -2.37. The van der Waals surface area contributed by atoms with Gasteiger partial charge in [-0.15, -0.1) is 0 Å². The molecule has 0 spiro atoms. The molecule has 3 N–H and O–H groups in total. The normalized spacial score (nSPS) is 13.9. The SMILES string of the molecule is CCCCNC(=O)c1ccc(NCC(=O)Nc2ccc(C(=O)N3CCC(C)CC3)cc2)cc1. The van der Waals surface area contributed by atoms with Crippen LogP contribution in [0.4, 0.5) is 11.4 Å². The van der Waals surface area contributed by atoms with Crippen molar-refractivity contribution < 1.29 is 14.4 Å². The van der Waals surface area contributed by atoms with Crippen LogP contribution < -0.4 is 16.0 Å². The van der Waals surface area contributed by atoms with Crippen molar-refractivity contribution in [3.8, 4) is 0 Å². The summed E-state index contributed by atoms with van der Waals surface area (Å²) < 4.78 is 0. The largest absolute Gasteiger partial charge is 0.376 e. The van der Waals surface area contributed by atoms with Gasteiger partial charge in [-0.1, -0.05) is 20.3 Å². The topological polar surface area (TPSA) is 90.5 Å². The Kier molecular flexibility index (Phi) is 8.87. The Labute approximate surface area is 195 Å². The zero-order valence-corrected chi connectivity index (χ0v) is 19.5. The molecule has 2 aromatic carbocycles. The molecule has 0 aliphatic carbocycles. The van der Waals surface area contributed by atoms with Crippen LogP contribution in [-0.2, 0) is 4.79 Å². The first-order chi connectivity index (χ1) is 16.0. The van der Waals surface area contributed by atoms with Gasteiger partial charge in [-0.2, -0.15) is 0 Å². The molecule has 0 unspecified atom stereocenters. The molecule has 176 valence electrons. The zero-order chi connectivity index (χ0) is 23.6. The number of anilines is 2. The van der Waals surface area contributed by atoms with E-state index in [1.54, 1.807) is 48.5 Å². The summed E-state index contributed by atoms with van der Waals surface area (Å²) in [6.07, 6.45) is 4.08. The van der Waals surface area contributed by atoms with Crippen LogP contribution in [0.3, 0.4) is 0 Å². The fourth-order valence-electron chi connectivity index (χ4n) is 3.70. The lowest BCUT2D eigenvalue weighted by molar-refractivity contribution is -0.114. The highest BCUT2D eigenvalue weighted by atomic mass is 16.2. The smallest absolute Gasteiger partial charge is 0.253 e. The molecule has 1 saturated heterocycles. The van der Waals surface area contributed by atoms with E-state index in [9.17, 15) is 14.4 Å². The Hall–Kier alpha value is -3.35. The summed E-state index contributed by atoms with van der Waals surface area (Å²) in [5, 5.41) is 8.77. The van der Waals surface area contributed by atoms with Gasteiger partial charge in [-0.05, 0) is 73.7 Å². The van der Waals surface area contributed by atoms with Gasteiger partial charge in [0.1, 0.15) is 0 Å². The number of unbranched alkanes of at least 4 members (excludes halogenated alkanes) is 1. The maximum absolute atomic E-state index is 12.6. The maximum Gasteiger partial charge on any atom is 0.253 e. The number of piperidine rings is 1. The second kappa shape index (κ2) is 12.0. The number of amides is 3. The van der Waals surface area contributed by atoms with Gasteiger partial charge in [0, 0.05) is 42.1 Å². The van der Waals surface area contributed by atoms with E-state index < -0.39 is 0 Å². The average molecular weight is 451 g/mol. The van der Waals surface area contributed by atoms with Gasteiger partial charge in [0.15, 0.2) is 0 Å². The molecule has 3 rings (SSSR count). The molecular formula is C26H34N4O3. The summed E-state index contributed by atoms with van der Waals surface area (Å²) in [6.45, 7) is 6.66. The van der Waals surface area contributed by atoms with E-state index in [0.717, 1.165) is 44.5 Å². The first kappa shape index (κ1) is 24.3. The van der Waals surface area contributed by atoms with E-state index in [0.29, 0.717) is 29.3 Å². The zero-order valence-electron chi connectivity index (χ0n) is 19.5. The Morgan fingerprint density at radius 2 is 1.52 bits per heavy atom. The third-order valence-electron chi connectivity index (χ3n) is 5.90. The monoisotopic (exact) mass is 450 g/mol. The molecular weight excluding hydrogens is 416 g/mol. The lowest BCUT2D eigenvalue weighted by atomic mass is 9.98. The lowest BCUT2D eigenvalue weighted by Gasteiger charge is -2.30. The van der Waals surface area contributed by atoms with Gasteiger partial charge < -0.3 is 20.9 Å². The predicted molar refractivity (Wildman–Crippen MR) is 132 cm³/mol. The Morgan fingerprint density at radius 3 is 2.15 bits per heavy atom. The second-order valence-electron chi connectivity index (χ2n) is 8.64. The standard InChI is InChI=1S/C26H34N4O3/c1-3-4-15-27-25(32)20-5-9-22(10-6-20)28-18-24(31)29-23-11-7-21(8-12-23)26(33)30-16-13-19(2)14-17-30/h5-12,19,28H,3-4,13-18H2,1-2H3,(H,27,32)(H,29,31). The minimum absolute atomic E-state index is 0.0453. The van der Waals surface area contributed by atoms with E-state index in [2.05, 4.69) is 29.8 Å². The van der Waals surface area contributed by atoms with Crippen LogP contribution in [0, 0.1) is 5.92 Å². The molecule has 1 aliphatic rings. The summed E-state index contributed by atoms with van der Waals surface area (Å²) >= 11 is 0. The number of nitrogens with zero attached hydrogens (tertiary/aromatic N) is 1. The first-order valence-corrected chi connectivity index (χ1v) is 11.8. The van der Waals surface area contributed by atoms with Crippen LogP contribution in [0.5, 0.6) is 0 Å². The van der Waals surface area contributed by atoms with E-state index in [1.165, 1.54) is 0 Å². The van der Waals surface area contributed by atoms with Gasteiger partial charge in [0.05, 0.1) is 6.54 Å². The summed E-state index contributed by atoms with van der Waals surface area (Å²) in [5.41, 5.74) is 2.63. The number of likely N-dealkylation sites (tertiary alicyclic amines) is 1. The molecule has 7 nitrogen and oxygen atoms in total. The quantitative estimate of drug-likeness (QED) is 0.501. The minimum Gasteiger partial charge on any atom is -0.376 e. The van der Waals surface area contributed by atoms with Crippen molar-refractivity contribution in [2.24, 2.45) is 5.92 Å². The molecule has 0 saturated carbocycles. The molecule has 1 heterocycles. The van der Waals surface area contributed by atoms with Crippen molar-refractivity contribution in [1.82, 2.24) is 10.2 Å². The van der Waals surface area contributed by atoms with Gasteiger partial charge >= 0.3 is 0 Å². The van der Waals surface area contributed by atoms with Crippen LogP contribution >= 0.6 is 0 Å². The van der Waals surface area contributed by atoms with Crippen molar-refractivity contribution in [2.75, 3.05) is 36.8 Å². The van der Waals surface area contributed by atoms with Crippen molar-refractivity contribution in [1.29, 1.82) is 0 Å². The van der Waals surface area contributed by atoms with Gasteiger partial charge in [-0.3, -0.25) is 14.4 Å². The van der Waals surface area contributed by atoms with Crippen LogP contribution in [0.1, 0.15) is 60.2 Å². The molecule has 2 aromatic rings.